The first-order chi connectivity index (χ1) is 37.5. The van der Waals surface area contributed by atoms with Crippen molar-refractivity contribution in [3.05, 3.63) is 36.5 Å². The first-order valence-corrected chi connectivity index (χ1v) is 34.2. The molecule has 1 amide bonds. The Bertz CT molecular complexity index is 1230. The molecular weight excluding hydrogens is 935 g/mol. The van der Waals surface area contributed by atoms with Gasteiger partial charge in [0.2, 0.25) is 5.91 Å². The number of aliphatic hydroxyl groups excluding tert-OH is 2. The van der Waals surface area contributed by atoms with Crippen LogP contribution in [0.4, 0.5) is 0 Å². The van der Waals surface area contributed by atoms with Gasteiger partial charge >= 0.3 is 5.97 Å². The number of hydrogen-bond donors (Lipinski definition) is 3. The maximum absolute atomic E-state index is 12.5. The number of aliphatic hydroxyl groups is 2. The third kappa shape index (κ3) is 61.3. The Hall–Kier alpha value is -1.92. The van der Waals surface area contributed by atoms with Crippen molar-refractivity contribution >= 4 is 11.9 Å². The number of rotatable bonds is 64. The highest BCUT2D eigenvalue weighted by Gasteiger charge is 2.20. The van der Waals surface area contributed by atoms with Gasteiger partial charge in [-0.3, -0.25) is 9.59 Å². The lowest BCUT2D eigenvalue weighted by atomic mass is 10.0. The molecule has 0 rings (SSSR count). The SMILES string of the molecule is CCCCCCCC/C=C\CCCCCCCC(=O)OCCCCCCCCCCC/C=C\C/C=C\CCCCCCCCCC(=O)NC(CO)C(O)CCCCCCCCCCCCCCCCCCCCCCC. The molecule has 76 heavy (non-hydrogen) atoms. The monoisotopic (exact) mass is 1070 g/mol. The molecule has 3 N–H and O–H groups in total. The number of allylic oxidation sites excluding steroid dienone is 6. The van der Waals surface area contributed by atoms with Gasteiger partial charge in [-0.05, 0) is 83.5 Å². The molecule has 0 saturated heterocycles. The third-order valence-corrected chi connectivity index (χ3v) is 15.9. The summed E-state index contributed by atoms with van der Waals surface area (Å²) in [4.78, 5) is 24.6. The van der Waals surface area contributed by atoms with Crippen LogP contribution in [0.15, 0.2) is 36.5 Å². The number of carbonyl (C=O) groups excluding carboxylic acids is 2. The van der Waals surface area contributed by atoms with Crippen LogP contribution >= 0.6 is 0 Å². The van der Waals surface area contributed by atoms with Crippen LogP contribution < -0.4 is 5.32 Å². The first kappa shape index (κ1) is 74.1. The van der Waals surface area contributed by atoms with Crippen molar-refractivity contribution in [2.24, 2.45) is 0 Å². The minimum Gasteiger partial charge on any atom is -0.466 e. The molecule has 6 nitrogen and oxygen atoms in total. The summed E-state index contributed by atoms with van der Waals surface area (Å²) in [5.41, 5.74) is 0. The minimum atomic E-state index is -0.672. The number of amides is 1. The maximum atomic E-state index is 12.5. The average Bonchev–Trinajstić information content (AvgIpc) is 3.42. The Kier molecular flexibility index (Phi) is 63.9. The molecule has 0 aromatic heterocycles. The summed E-state index contributed by atoms with van der Waals surface area (Å²) in [6.45, 7) is 4.96. The summed E-state index contributed by atoms with van der Waals surface area (Å²) >= 11 is 0. The minimum absolute atomic E-state index is 0.000362. The molecular formula is C70H133NO5. The van der Waals surface area contributed by atoms with Crippen molar-refractivity contribution in [2.45, 2.75) is 386 Å². The summed E-state index contributed by atoms with van der Waals surface area (Å²) in [5, 5.41) is 23.4. The van der Waals surface area contributed by atoms with E-state index in [0.29, 0.717) is 25.9 Å². The molecule has 448 valence electrons. The van der Waals surface area contributed by atoms with Gasteiger partial charge in [-0.2, -0.15) is 0 Å². The zero-order chi connectivity index (χ0) is 55.0. The van der Waals surface area contributed by atoms with Gasteiger partial charge in [0.15, 0.2) is 0 Å². The Morgan fingerprint density at radius 3 is 1.01 bits per heavy atom. The van der Waals surface area contributed by atoms with E-state index in [1.54, 1.807) is 0 Å². The number of ether oxygens (including phenoxy) is 1. The topological polar surface area (TPSA) is 95.9 Å². The van der Waals surface area contributed by atoms with Crippen molar-refractivity contribution in [1.82, 2.24) is 5.32 Å². The molecule has 0 saturated carbocycles. The molecule has 2 unspecified atom stereocenters. The molecule has 0 bridgehead atoms. The molecule has 0 fully saturated rings. The van der Waals surface area contributed by atoms with Crippen molar-refractivity contribution < 1.29 is 24.5 Å². The fraction of sp³-hybridized carbons (Fsp3) is 0.886. The molecule has 0 heterocycles. The summed E-state index contributed by atoms with van der Waals surface area (Å²) in [6, 6.07) is -0.551. The van der Waals surface area contributed by atoms with Crippen LogP contribution in [-0.2, 0) is 14.3 Å². The summed E-state index contributed by atoms with van der Waals surface area (Å²) < 4.78 is 5.48. The lowest BCUT2D eigenvalue weighted by Gasteiger charge is -2.22. The lowest BCUT2D eigenvalue weighted by Crippen LogP contribution is -2.45. The first-order valence-electron chi connectivity index (χ1n) is 34.2. The van der Waals surface area contributed by atoms with Crippen molar-refractivity contribution in [1.29, 1.82) is 0 Å². The van der Waals surface area contributed by atoms with Crippen molar-refractivity contribution in [3.8, 4) is 0 Å². The Labute approximate surface area is 474 Å². The largest absolute Gasteiger partial charge is 0.466 e. The van der Waals surface area contributed by atoms with Crippen LogP contribution in [0, 0.1) is 0 Å². The molecule has 0 aliphatic rings. The van der Waals surface area contributed by atoms with Crippen molar-refractivity contribution in [2.75, 3.05) is 13.2 Å². The Morgan fingerprint density at radius 2 is 0.658 bits per heavy atom. The van der Waals surface area contributed by atoms with E-state index in [1.165, 1.54) is 283 Å². The third-order valence-electron chi connectivity index (χ3n) is 15.9. The van der Waals surface area contributed by atoms with Gasteiger partial charge in [-0.25, -0.2) is 0 Å². The Morgan fingerprint density at radius 1 is 0.368 bits per heavy atom. The number of carbonyl (C=O) groups is 2. The molecule has 2 atom stereocenters. The lowest BCUT2D eigenvalue weighted by molar-refractivity contribution is -0.143. The van der Waals surface area contributed by atoms with E-state index >= 15 is 0 Å². The highest BCUT2D eigenvalue weighted by Crippen LogP contribution is 2.18. The fourth-order valence-electron chi connectivity index (χ4n) is 10.7. The molecule has 0 radical (unpaired) electrons. The van der Waals surface area contributed by atoms with Gasteiger partial charge < -0.3 is 20.3 Å². The molecule has 0 aliphatic carbocycles. The fourth-order valence-corrected chi connectivity index (χ4v) is 10.7. The van der Waals surface area contributed by atoms with E-state index in [9.17, 15) is 19.8 Å². The molecule has 0 aromatic rings. The van der Waals surface area contributed by atoms with Gasteiger partial charge in [0.25, 0.3) is 0 Å². The quantitative estimate of drug-likeness (QED) is 0.0320. The van der Waals surface area contributed by atoms with Gasteiger partial charge in [-0.1, -0.05) is 314 Å². The standard InChI is InChI=1S/C70H133NO5/c1-3-5-7-9-11-13-15-17-19-20-21-25-28-31-35-38-42-46-50-54-58-62-68(73)67(66-72)71-69(74)63-59-55-51-47-43-39-36-32-29-26-23-22-24-27-30-33-37-41-45-49-53-57-61-65-76-70(75)64-60-56-52-48-44-40-34-18-16-14-12-10-8-6-4-2/h18,22,24,26,29,34,67-68,72-73H,3-17,19-21,23,25,27-28,30-33,35-66H2,1-2H3,(H,71,74)/b24-22-,29-26-,34-18-. The number of nitrogens with one attached hydrogen (secondary N) is 1. The summed E-state index contributed by atoms with van der Waals surface area (Å²) in [5.74, 6) is -0.0424. The van der Waals surface area contributed by atoms with E-state index in [1.807, 2.05) is 0 Å². The van der Waals surface area contributed by atoms with Gasteiger partial charge in [-0.15, -0.1) is 0 Å². The second kappa shape index (κ2) is 65.6. The predicted octanol–water partition coefficient (Wildman–Crippen LogP) is 21.9. The van der Waals surface area contributed by atoms with Crippen LogP contribution in [0.5, 0.6) is 0 Å². The smallest absolute Gasteiger partial charge is 0.305 e. The number of esters is 1. The van der Waals surface area contributed by atoms with Crippen molar-refractivity contribution in [3.63, 3.8) is 0 Å². The van der Waals surface area contributed by atoms with Crippen LogP contribution in [0.25, 0.3) is 0 Å². The van der Waals surface area contributed by atoms with E-state index in [-0.39, 0.29) is 18.5 Å². The van der Waals surface area contributed by atoms with Crippen LogP contribution in [-0.4, -0.2) is 47.4 Å². The molecule has 0 spiro atoms. The van der Waals surface area contributed by atoms with Gasteiger partial charge in [0.05, 0.1) is 25.4 Å². The zero-order valence-electron chi connectivity index (χ0n) is 51.3. The van der Waals surface area contributed by atoms with Crippen LogP contribution in [0.1, 0.15) is 373 Å². The highest BCUT2D eigenvalue weighted by molar-refractivity contribution is 5.76. The molecule has 0 aromatic carbocycles. The maximum Gasteiger partial charge on any atom is 0.305 e. The van der Waals surface area contributed by atoms with Crippen LogP contribution in [0.3, 0.4) is 0 Å². The highest BCUT2D eigenvalue weighted by atomic mass is 16.5. The molecule has 6 heteroatoms. The van der Waals surface area contributed by atoms with E-state index < -0.39 is 12.1 Å². The zero-order valence-corrected chi connectivity index (χ0v) is 51.3. The number of unbranched alkanes of at least 4 members (excludes halogenated alkanes) is 47. The van der Waals surface area contributed by atoms with Crippen LogP contribution in [0.2, 0.25) is 0 Å². The normalized spacial score (nSPS) is 12.7. The van der Waals surface area contributed by atoms with Gasteiger partial charge in [0, 0.05) is 12.8 Å². The van der Waals surface area contributed by atoms with Gasteiger partial charge in [0.1, 0.15) is 0 Å². The van der Waals surface area contributed by atoms with E-state index in [4.69, 9.17) is 4.74 Å². The summed E-state index contributed by atoms with van der Waals surface area (Å²) in [6.07, 6.45) is 83.2. The average molecular weight is 1070 g/mol. The predicted molar refractivity (Wildman–Crippen MR) is 333 cm³/mol. The second-order valence-corrected chi connectivity index (χ2v) is 23.5. The Balaban J connectivity index is 3.45. The van der Waals surface area contributed by atoms with E-state index in [2.05, 4.69) is 55.6 Å². The molecule has 0 aliphatic heterocycles. The number of hydrogen-bond acceptors (Lipinski definition) is 5. The second-order valence-electron chi connectivity index (χ2n) is 23.5. The summed E-state index contributed by atoms with van der Waals surface area (Å²) in [7, 11) is 0. The van der Waals surface area contributed by atoms with E-state index in [0.717, 1.165) is 57.8 Å².